The molecular formula is C23H28N2O3. The molecule has 1 atom stereocenters. The first-order valence-corrected chi connectivity index (χ1v) is 9.86. The zero-order valence-corrected chi connectivity index (χ0v) is 16.8. The summed E-state index contributed by atoms with van der Waals surface area (Å²) in [5.41, 5.74) is 3.77. The quantitative estimate of drug-likeness (QED) is 0.829. The van der Waals surface area contributed by atoms with Crippen LogP contribution in [0.5, 0.6) is 5.75 Å². The van der Waals surface area contributed by atoms with Gasteiger partial charge in [0.1, 0.15) is 5.75 Å². The first-order chi connectivity index (χ1) is 13.5. The van der Waals surface area contributed by atoms with Gasteiger partial charge in [-0.3, -0.25) is 9.59 Å². The Morgan fingerprint density at radius 1 is 1.11 bits per heavy atom. The number of aryl methyl sites for hydroxylation is 2. The summed E-state index contributed by atoms with van der Waals surface area (Å²) in [5.74, 6) is 0.578. The fraction of sp³-hybridized carbons (Fsp3) is 0.391. The van der Waals surface area contributed by atoms with Crippen LogP contribution >= 0.6 is 0 Å². The molecule has 0 radical (unpaired) electrons. The van der Waals surface area contributed by atoms with Crippen molar-refractivity contribution in [1.82, 2.24) is 10.2 Å². The number of carbonyl (C=O) groups is 2. The highest BCUT2D eigenvalue weighted by Crippen LogP contribution is 2.32. The van der Waals surface area contributed by atoms with Crippen molar-refractivity contribution in [2.45, 2.75) is 39.7 Å². The predicted octanol–water partition coefficient (Wildman–Crippen LogP) is 3.80. The van der Waals surface area contributed by atoms with Gasteiger partial charge in [0.15, 0.2) is 0 Å². The molecule has 5 heteroatoms. The smallest absolute Gasteiger partial charge is 0.251 e. The molecule has 0 aromatic heterocycles. The highest BCUT2D eigenvalue weighted by molar-refractivity contribution is 5.96. The number of hydrogen-bond donors (Lipinski definition) is 1. The molecule has 1 fully saturated rings. The maximum absolute atomic E-state index is 12.8. The molecule has 0 bridgehead atoms. The van der Waals surface area contributed by atoms with Crippen LogP contribution in [-0.4, -0.2) is 36.4 Å². The summed E-state index contributed by atoms with van der Waals surface area (Å²) in [5, 5.41) is 2.78. The Hall–Kier alpha value is -2.82. The number of likely N-dealkylation sites (tertiary alicyclic amines) is 1. The van der Waals surface area contributed by atoms with Gasteiger partial charge in [-0.05, 0) is 63.4 Å². The van der Waals surface area contributed by atoms with Crippen molar-refractivity contribution in [2.75, 3.05) is 19.7 Å². The van der Waals surface area contributed by atoms with E-state index in [1.807, 2.05) is 68.1 Å². The topological polar surface area (TPSA) is 58.6 Å². The van der Waals surface area contributed by atoms with Gasteiger partial charge in [0.05, 0.1) is 19.2 Å². The average Bonchev–Trinajstić information content (AvgIpc) is 3.16. The summed E-state index contributed by atoms with van der Waals surface area (Å²) in [6.45, 7) is 7.24. The molecule has 1 saturated heterocycles. The monoisotopic (exact) mass is 380 g/mol. The summed E-state index contributed by atoms with van der Waals surface area (Å²) < 4.78 is 5.49. The van der Waals surface area contributed by atoms with E-state index in [9.17, 15) is 9.59 Å². The van der Waals surface area contributed by atoms with Gasteiger partial charge in [-0.2, -0.15) is 0 Å². The summed E-state index contributed by atoms with van der Waals surface area (Å²) in [6, 6.07) is 13.7. The van der Waals surface area contributed by atoms with Crippen LogP contribution in [0.4, 0.5) is 0 Å². The van der Waals surface area contributed by atoms with Gasteiger partial charge in [-0.15, -0.1) is 0 Å². The summed E-state index contributed by atoms with van der Waals surface area (Å²) in [6.07, 6.45) is 1.90. The van der Waals surface area contributed by atoms with Gasteiger partial charge in [-0.1, -0.05) is 29.3 Å². The molecule has 0 spiro atoms. The number of ether oxygens (including phenoxy) is 1. The Labute approximate surface area is 166 Å². The van der Waals surface area contributed by atoms with E-state index in [1.165, 1.54) is 0 Å². The van der Waals surface area contributed by atoms with Gasteiger partial charge in [0.2, 0.25) is 5.91 Å². The fourth-order valence-electron chi connectivity index (χ4n) is 3.83. The van der Waals surface area contributed by atoms with Crippen LogP contribution in [0.25, 0.3) is 0 Å². The molecular weight excluding hydrogens is 352 g/mol. The molecule has 0 unspecified atom stereocenters. The van der Waals surface area contributed by atoms with Crippen molar-refractivity contribution in [3.63, 3.8) is 0 Å². The van der Waals surface area contributed by atoms with Crippen molar-refractivity contribution in [2.24, 2.45) is 0 Å². The molecule has 2 amide bonds. The number of carbonyl (C=O) groups excluding carboxylic acids is 2. The SMILES string of the molecule is CCOc1ccc([C@H]2CCCN2C(=O)CNC(=O)c2cc(C)cc(C)c2)cc1. The molecule has 5 nitrogen and oxygen atoms in total. The standard InChI is InChI=1S/C23H28N2O3/c1-4-28-20-9-7-18(8-10-20)21-6-5-11-25(21)22(26)15-24-23(27)19-13-16(2)12-17(3)14-19/h7-10,12-14,21H,4-6,11,15H2,1-3H3,(H,24,27)/t21-/m1/s1. The number of benzene rings is 2. The van der Waals surface area contributed by atoms with E-state index in [1.54, 1.807) is 0 Å². The molecule has 1 aliphatic rings. The fourth-order valence-corrected chi connectivity index (χ4v) is 3.83. The van der Waals surface area contributed by atoms with Gasteiger partial charge in [-0.25, -0.2) is 0 Å². The number of nitrogens with one attached hydrogen (secondary N) is 1. The minimum atomic E-state index is -0.211. The van der Waals surface area contributed by atoms with Gasteiger partial charge in [0.25, 0.3) is 5.91 Å². The van der Waals surface area contributed by atoms with Crippen LogP contribution in [-0.2, 0) is 4.79 Å². The number of amides is 2. The third kappa shape index (κ3) is 4.71. The van der Waals surface area contributed by atoms with E-state index in [-0.39, 0.29) is 24.4 Å². The lowest BCUT2D eigenvalue weighted by molar-refractivity contribution is -0.131. The van der Waals surface area contributed by atoms with Crippen LogP contribution in [0.2, 0.25) is 0 Å². The van der Waals surface area contributed by atoms with Crippen molar-refractivity contribution < 1.29 is 14.3 Å². The van der Waals surface area contributed by atoms with Crippen LogP contribution in [0.1, 0.15) is 52.9 Å². The molecule has 148 valence electrons. The average molecular weight is 380 g/mol. The van der Waals surface area contributed by atoms with Gasteiger partial charge < -0.3 is 15.0 Å². The second kappa shape index (κ2) is 8.91. The molecule has 1 heterocycles. The highest BCUT2D eigenvalue weighted by atomic mass is 16.5. The third-order valence-electron chi connectivity index (χ3n) is 5.03. The highest BCUT2D eigenvalue weighted by Gasteiger charge is 2.29. The Balaban J connectivity index is 1.62. The summed E-state index contributed by atoms with van der Waals surface area (Å²) in [4.78, 5) is 27.1. The minimum absolute atomic E-state index is 0.0132. The van der Waals surface area contributed by atoms with E-state index in [4.69, 9.17) is 4.74 Å². The third-order valence-corrected chi connectivity index (χ3v) is 5.03. The van der Waals surface area contributed by atoms with Crippen LogP contribution in [0.15, 0.2) is 42.5 Å². The number of hydrogen-bond acceptors (Lipinski definition) is 3. The molecule has 28 heavy (non-hydrogen) atoms. The first kappa shape index (κ1) is 19.9. The predicted molar refractivity (Wildman–Crippen MR) is 110 cm³/mol. The van der Waals surface area contributed by atoms with Crippen molar-refractivity contribution >= 4 is 11.8 Å². The van der Waals surface area contributed by atoms with E-state index in [0.29, 0.717) is 12.2 Å². The van der Waals surface area contributed by atoms with Crippen molar-refractivity contribution in [3.8, 4) is 5.75 Å². The molecule has 2 aromatic rings. The second-order valence-electron chi connectivity index (χ2n) is 7.31. The lowest BCUT2D eigenvalue weighted by Gasteiger charge is -2.25. The Morgan fingerprint density at radius 3 is 2.43 bits per heavy atom. The maximum atomic E-state index is 12.8. The molecule has 0 saturated carbocycles. The zero-order chi connectivity index (χ0) is 20.1. The maximum Gasteiger partial charge on any atom is 0.251 e. The van der Waals surface area contributed by atoms with Gasteiger partial charge >= 0.3 is 0 Å². The largest absolute Gasteiger partial charge is 0.494 e. The van der Waals surface area contributed by atoms with E-state index in [2.05, 4.69) is 5.32 Å². The molecule has 0 aliphatic carbocycles. The number of rotatable bonds is 6. The number of nitrogens with zero attached hydrogens (tertiary/aromatic N) is 1. The van der Waals surface area contributed by atoms with Crippen molar-refractivity contribution in [1.29, 1.82) is 0 Å². The lowest BCUT2D eigenvalue weighted by atomic mass is 10.0. The first-order valence-electron chi connectivity index (χ1n) is 9.86. The summed E-state index contributed by atoms with van der Waals surface area (Å²) >= 11 is 0. The Bertz CT molecular complexity index is 825. The second-order valence-corrected chi connectivity index (χ2v) is 7.31. The zero-order valence-electron chi connectivity index (χ0n) is 16.8. The van der Waals surface area contributed by atoms with Crippen LogP contribution < -0.4 is 10.1 Å². The van der Waals surface area contributed by atoms with Crippen LogP contribution in [0.3, 0.4) is 0 Å². The van der Waals surface area contributed by atoms with Crippen molar-refractivity contribution in [3.05, 3.63) is 64.7 Å². The summed E-state index contributed by atoms with van der Waals surface area (Å²) in [7, 11) is 0. The van der Waals surface area contributed by atoms with E-state index in [0.717, 1.165) is 41.8 Å². The molecule has 3 rings (SSSR count). The lowest BCUT2D eigenvalue weighted by Crippen LogP contribution is -2.39. The molecule has 1 N–H and O–H groups in total. The Kier molecular flexibility index (Phi) is 6.34. The molecule has 1 aliphatic heterocycles. The Morgan fingerprint density at radius 2 is 1.79 bits per heavy atom. The van der Waals surface area contributed by atoms with Gasteiger partial charge in [0, 0.05) is 12.1 Å². The van der Waals surface area contributed by atoms with E-state index < -0.39 is 0 Å². The minimum Gasteiger partial charge on any atom is -0.494 e. The molecule has 2 aromatic carbocycles. The normalized spacial score (nSPS) is 16.1. The van der Waals surface area contributed by atoms with Crippen LogP contribution in [0, 0.1) is 13.8 Å². The van der Waals surface area contributed by atoms with E-state index >= 15 is 0 Å².